The van der Waals surface area contributed by atoms with Gasteiger partial charge in [0, 0.05) is 23.9 Å². The van der Waals surface area contributed by atoms with Gasteiger partial charge in [0.05, 0.1) is 17.7 Å². The molecule has 3 aromatic rings. The van der Waals surface area contributed by atoms with Crippen LogP contribution in [0.15, 0.2) is 60.9 Å². The summed E-state index contributed by atoms with van der Waals surface area (Å²) in [5, 5.41) is 15.0. The lowest BCUT2D eigenvalue weighted by Gasteiger charge is -2.02. The monoisotopic (exact) mass is 293 g/mol. The summed E-state index contributed by atoms with van der Waals surface area (Å²) in [4.78, 5) is 10.3. The largest absolute Gasteiger partial charge is 0.269 e. The van der Waals surface area contributed by atoms with Gasteiger partial charge in [0.25, 0.3) is 5.69 Å². The molecular weight excluding hydrogens is 278 g/mol. The van der Waals surface area contributed by atoms with Gasteiger partial charge >= 0.3 is 0 Å². The molecule has 0 aliphatic heterocycles. The Morgan fingerprint density at radius 3 is 2.59 bits per heavy atom. The lowest BCUT2D eigenvalue weighted by atomic mass is 10.1. The van der Waals surface area contributed by atoms with Crippen molar-refractivity contribution >= 4 is 5.69 Å². The van der Waals surface area contributed by atoms with Crippen LogP contribution in [0, 0.1) is 17.0 Å². The quantitative estimate of drug-likeness (QED) is 0.542. The van der Waals surface area contributed by atoms with Gasteiger partial charge in [-0.2, -0.15) is 5.10 Å². The molecular formula is C17H15N3O2. The van der Waals surface area contributed by atoms with E-state index in [1.54, 1.807) is 18.3 Å². The molecule has 22 heavy (non-hydrogen) atoms. The number of aryl methyl sites for hydroxylation is 1. The maximum Gasteiger partial charge on any atom is 0.269 e. The van der Waals surface area contributed by atoms with Gasteiger partial charge in [0.1, 0.15) is 0 Å². The molecule has 0 N–H and O–H groups in total. The number of nitro groups is 1. The second kappa shape index (κ2) is 5.81. The first-order chi connectivity index (χ1) is 10.6. The summed E-state index contributed by atoms with van der Waals surface area (Å²) in [6.45, 7) is 2.77. The molecule has 0 radical (unpaired) electrons. The van der Waals surface area contributed by atoms with Crippen molar-refractivity contribution in [3.63, 3.8) is 0 Å². The minimum atomic E-state index is -0.398. The van der Waals surface area contributed by atoms with Gasteiger partial charge in [-0.25, -0.2) is 0 Å². The molecule has 1 heterocycles. The molecule has 0 saturated carbocycles. The number of hydrogen-bond acceptors (Lipinski definition) is 3. The highest BCUT2D eigenvalue weighted by molar-refractivity contribution is 5.63. The van der Waals surface area contributed by atoms with Gasteiger partial charge in [0.15, 0.2) is 0 Å². The molecule has 0 saturated heterocycles. The van der Waals surface area contributed by atoms with Crippen LogP contribution < -0.4 is 0 Å². The number of non-ortho nitro benzene ring substituents is 1. The van der Waals surface area contributed by atoms with Gasteiger partial charge in [0.2, 0.25) is 0 Å². The second-order valence-electron chi connectivity index (χ2n) is 5.22. The first-order valence-electron chi connectivity index (χ1n) is 6.95. The van der Waals surface area contributed by atoms with Gasteiger partial charge in [-0.1, -0.05) is 29.8 Å². The fourth-order valence-electron chi connectivity index (χ4n) is 2.37. The molecule has 0 bridgehead atoms. The fraction of sp³-hybridized carbons (Fsp3) is 0.118. The van der Waals surface area contributed by atoms with Crippen molar-refractivity contribution in [3.8, 4) is 11.1 Å². The molecule has 0 fully saturated rings. The van der Waals surface area contributed by atoms with E-state index in [1.807, 2.05) is 16.9 Å². The van der Waals surface area contributed by atoms with Gasteiger partial charge in [-0.05, 0) is 30.2 Å². The van der Waals surface area contributed by atoms with E-state index in [9.17, 15) is 10.1 Å². The molecule has 0 spiro atoms. The number of hydrogen-bond donors (Lipinski definition) is 0. The van der Waals surface area contributed by atoms with Gasteiger partial charge in [-0.15, -0.1) is 0 Å². The summed E-state index contributed by atoms with van der Waals surface area (Å²) in [5.41, 5.74) is 4.37. The molecule has 5 heteroatoms. The fourth-order valence-corrected chi connectivity index (χ4v) is 2.37. The maximum absolute atomic E-state index is 10.7. The standard InChI is InChI=1S/C17H15N3O2/c1-13-3-2-4-14(9-13)11-19-12-16(10-18-19)15-5-7-17(8-6-15)20(21)22/h2-10,12H,11H2,1H3. The molecule has 0 aliphatic rings. The highest BCUT2D eigenvalue weighted by Gasteiger charge is 2.07. The summed E-state index contributed by atoms with van der Waals surface area (Å²) in [6, 6.07) is 14.8. The topological polar surface area (TPSA) is 61.0 Å². The van der Waals surface area contributed by atoms with Crippen LogP contribution in [-0.2, 0) is 6.54 Å². The van der Waals surface area contributed by atoms with E-state index in [0.29, 0.717) is 6.54 Å². The van der Waals surface area contributed by atoms with Crippen LogP contribution in [0.5, 0.6) is 0 Å². The Morgan fingerprint density at radius 1 is 1.14 bits per heavy atom. The van der Waals surface area contributed by atoms with Crippen molar-refractivity contribution in [1.29, 1.82) is 0 Å². The average molecular weight is 293 g/mol. The smallest absolute Gasteiger partial charge is 0.268 e. The van der Waals surface area contributed by atoms with Crippen LogP contribution in [-0.4, -0.2) is 14.7 Å². The number of aromatic nitrogens is 2. The van der Waals surface area contributed by atoms with Crippen molar-refractivity contribution in [2.75, 3.05) is 0 Å². The maximum atomic E-state index is 10.7. The summed E-state index contributed by atoms with van der Waals surface area (Å²) in [7, 11) is 0. The molecule has 0 atom stereocenters. The number of nitrogens with zero attached hydrogens (tertiary/aromatic N) is 3. The van der Waals surface area contributed by atoms with Gasteiger partial charge in [-0.3, -0.25) is 14.8 Å². The average Bonchev–Trinajstić information content (AvgIpc) is 2.96. The second-order valence-corrected chi connectivity index (χ2v) is 5.22. The number of nitro benzene ring substituents is 1. The van der Waals surface area contributed by atoms with Crippen molar-refractivity contribution in [2.24, 2.45) is 0 Å². The third-order valence-corrected chi connectivity index (χ3v) is 3.47. The molecule has 1 aromatic heterocycles. The summed E-state index contributed by atoms with van der Waals surface area (Å²) < 4.78 is 1.87. The van der Waals surface area contributed by atoms with Crippen molar-refractivity contribution in [1.82, 2.24) is 9.78 Å². The summed E-state index contributed by atoms with van der Waals surface area (Å²) in [6.07, 6.45) is 3.72. The third-order valence-electron chi connectivity index (χ3n) is 3.47. The zero-order chi connectivity index (χ0) is 15.5. The molecule has 3 rings (SSSR count). The zero-order valence-electron chi connectivity index (χ0n) is 12.1. The molecule has 0 unspecified atom stereocenters. The van der Waals surface area contributed by atoms with Crippen molar-refractivity contribution in [2.45, 2.75) is 13.5 Å². The first-order valence-corrected chi connectivity index (χ1v) is 6.95. The van der Waals surface area contributed by atoms with Crippen LogP contribution in [0.2, 0.25) is 0 Å². The summed E-state index contributed by atoms with van der Waals surface area (Å²) in [5.74, 6) is 0. The normalized spacial score (nSPS) is 10.6. The highest BCUT2D eigenvalue weighted by atomic mass is 16.6. The van der Waals surface area contributed by atoms with E-state index in [1.165, 1.54) is 23.3 Å². The van der Waals surface area contributed by atoms with E-state index < -0.39 is 4.92 Å². The van der Waals surface area contributed by atoms with E-state index >= 15 is 0 Å². The first kappa shape index (κ1) is 14.0. The number of benzene rings is 2. The van der Waals surface area contributed by atoms with E-state index in [-0.39, 0.29) is 5.69 Å². The van der Waals surface area contributed by atoms with E-state index in [2.05, 4.69) is 30.2 Å². The van der Waals surface area contributed by atoms with Crippen LogP contribution >= 0.6 is 0 Å². The predicted octanol–water partition coefficient (Wildman–Crippen LogP) is 3.82. The Labute approximate surface area is 128 Å². The lowest BCUT2D eigenvalue weighted by Crippen LogP contribution is -1.99. The molecule has 0 amide bonds. The van der Waals surface area contributed by atoms with Crippen molar-refractivity contribution < 1.29 is 4.92 Å². The van der Waals surface area contributed by atoms with E-state index in [4.69, 9.17) is 0 Å². The Morgan fingerprint density at radius 2 is 1.91 bits per heavy atom. The Balaban J connectivity index is 1.80. The van der Waals surface area contributed by atoms with Crippen LogP contribution in [0.3, 0.4) is 0 Å². The predicted molar refractivity (Wildman–Crippen MR) is 84.6 cm³/mol. The Hall–Kier alpha value is -2.95. The lowest BCUT2D eigenvalue weighted by molar-refractivity contribution is -0.384. The van der Waals surface area contributed by atoms with Gasteiger partial charge < -0.3 is 0 Å². The molecule has 5 nitrogen and oxygen atoms in total. The Kier molecular flexibility index (Phi) is 3.70. The molecule has 0 aliphatic carbocycles. The zero-order valence-corrected chi connectivity index (χ0v) is 12.1. The molecule has 2 aromatic carbocycles. The number of rotatable bonds is 4. The third kappa shape index (κ3) is 3.03. The minimum absolute atomic E-state index is 0.0934. The van der Waals surface area contributed by atoms with Crippen molar-refractivity contribution in [3.05, 3.63) is 82.2 Å². The van der Waals surface area contributed by atoms with Crippen LogP contribution in [0.1, 0.15) is 11.1 Å². The molecule has 110 valence electrons. The highest BCUT2D eigenvalue weighted by Crippen LogP contribution is 2.22. The van der Waals surface area contributed by atoms with Crippen LogP contribution in [0.25, 0.3) is 11.1 Å². The van der Waals surface area contributed by atoms with E-state index in [0.717, 1.165) is 11.1 Å². The van der Waals surface area contributed by atoms with Crippen LogP contribution in [0.4, 0.5) is 5.69 Å². The summed E-state index contributed by atoms with van der Waals surface area (Å²) >= 11 is 0. The SMILES string of the molecule is Cc1cccc(Cn2cc(-c3ccc([N+](=O)[O-])cc3)cn2)c1. The Bertz CT molecular complexity index is 807. The minimum Gasteiger partial charge on any atom is -0.268 e.